The molecular weight excluding hydrogens is 328 g/mol. The number of hydrogen-bond donors (Lipinski definition) is 0. The number of aromatic nitrogens is 1. The van der Waals surface area contributed by atoms with Gasteiger partial charge in [0.15, 0.2) is 4.80 Å². The fourth-order valence-electron chi connectivity index (χ4n) is 2.71. The smallest absolute Gasteiger partial charge is 0.252 e. The Kier molecular flexibility index (Phi) is 4.37. The van der Waals surface area contributed by atoms with Gasteiger partial charge in [-0.15, -0.1) is 0 Å². The highest BCUT2D eigenvalue weighted by atomic mass is 35.5. The SMILES string of the molecule is Cc1cc(C)c2c(c1)sc(=NC(=O)Cc1ccc(Cl)cc1)n2C. The van der Waals surface area contributed by atoms with Crippen LogP contribution in [0.25, 0.3) is 10.2 Å². The molecule has 0 spiro atoms. The summed E-state index contributed by atoms with van der Waals surface area (Å²) in [4.78, 5) is 17.3. The number of benzene rings is 2. The standard InChI is InChI=1S/C18H17ClN2OS/c1-11-8-12(2)17-15(9-11)23-18(21(17)3)20-16(22)10-13-4-6-14(19)7-5-13/h4-9H,10H2,1-3H3. The minimum Gasteiger partial charge on any atom is -0.319 e. The van der Waals surface area contributed by atoms with E-state index in [1.165, 1.54) is 11.1 Å². The van der Waals surface area contributed by atoms with Crippen LogP contribution in [0.15, 0.2) is 41.4 Å². The molecule has 118 valence electrons. The van der Waals surface area contributed by atoms with Gasteiger partial charge in [0.1, 0.15) is 0 Å². The molecule has 1 amide bonds. The fourth-order valence-corrected chi connectivity index (χ4v) is 4.05. The normalized spacial score (nSPS) is 12.1. The predicted molar refractivity (Wildman–Crippen MR) is 96.0 cm³/mol. The summed E-state index contributed by atoms with van der Waals surface area (Å²) in [6.07, 6.45) is 0.281. The molecule has 0 saturated heterocycles. The minimum absolute atomic E-state index is 0.149. The van der Waals surface area contributed by atoms with E-state index < -0.39 is 0 Å². The van der Waals surface area contributed by atoms with Crippen LogP contribution in [0.2, 0.25) is 5.02 Å². The Hall–Kier alpha value is -1.91. The van der Waals surface area contributed by atoms with Gasteiger partial charge in [-0.25, -0.2) is 0 Å². The third kappa shape index (κ3) is 3.38. The highest BCUT2D eigenvalue weighted by Gasteiger charge is 2.08. The Balaban J connectivity index is 1.97. The average Bonchev–Trinajstić information content (AvgIpc) is 2.77. The molecule has 1 heterocycles. The number of halogens is 1. The molecule has 0 aliphatic rings. The van der Waals surface area contributed by atoms with Crippen molar-refractivity contribution in [2.75, 3.05) is 0 Å². The van der Waals surface area contributed by atoms with E-state index >= 15 is 0 Å². The lowest BCUT2D eigenvalue weighted by molar-refractivity contribution is -0.117. The topological polar surface area (TPSA) is 34.4 Å². The maximum atomic E-state index is 12.2. The zero-order valence-corrected chi connectivity index (χ0v) is 14.8. The van der Waals surface area contributed by atoms with E-state index in [2.05, 4.69) is 31.0 Å². The molecule has 1 aromatic heterocycles. The van der Waals surface area contributed by atoms with Crippen molar-refractivity contribution in [2.24, 2.45) is 12.0 Å². The van der Waals surface area contributed by atoms with Crippen LogP contribution >= 0.6 is 22.9 Å². The Bertz CT molecular complexity index is 952. The molecule has 0 N–H and O–H groups in total. The van der Waals surface area contributed by atoms with Gasteiger partial charge in [-0.2, -0.15) is 4.99 Å². The molecule has 5 heteroatoms. The maximum Gasteiger partial charge on any atom is 0.252 e. The van der Waals surface area contributed by atoms with Crippen LogP contribution < -0.4 is 4.80 Å². The summed E-state index contributed by atoms with van der Waals surface area (Å²) in [5, 5.41) is 0.667. The lowest BCUT2D eigenvalue weighted by Gasteiger charge is -2.01. The van der Waals surface area contributed by atoms with Gasteiger partial charge in [0.25, 0.3) is 5.91 Å². The molecule has 3 aromatic rings. The number of hydrogen-bond acceptors (Lipinski definition) is 2. The largest absolute Gasteiger partial charge is 0.319 e. The summed E-state index contributed by atoms with van der Waals surface area (Å²) >= 11 is 7.41. The lowest BCUT2D eigenvalue weighted by Crippen LogP contribution is -2.14. The summed E-state index contributed by atoms with van der Waals surface area (Å²) in [6.45, 7) is 4.16. The second-order valence-electron chi connectivity index (χ2n) is 5.68. The number of carbonyl (C=O) groups is 1. The van der Waals surface area contributed by atoms with Gasteiger partial charge in [0.05, 0.1) is 16.6 Å². The molecule has 3 rings (SSSR count). The van der Waals surface area contributed by atoms with Crippen molar-refractivity contribution < 1.29 is 4.79 Å². The van der Waals surface area contributed by atoms with E-state index in [0.29, 0.717) is 5.02 Å². The first-order valence-corrected chi connectivity index (χ1v) is 8.52. The molecule has 23 heavy (non-hydrogen) atoms. The minimum atomic E-state index is -0.149. The first-order chi connectivity index (χ1) is 10.9. The molecule has 0 bridgehead atoms. The third-order valence-electron chi connectivity index (χ3n) is 3.72. The Morgan fingerprint density at radius 3 is 2.61 bits per heavy atom. The van der Waals surface area contributed by atoms with Gasteiger partial charge in [0, 0.05) is 12.1 Å². The number of rotatable bonds is 2. The van der Waals surface area contributed by atoms with E-state index in [1.807, 2.05) is 23.7 Å². The number of amides is 1. The van der Waals surface area contributed by atoms with Crippen molar-refractivity contribution >= 4 is 39.1 Å². The Labute approximate surface area is 143 Å². The number of carbonyl (C=O) groups excluding carboxylic acids is 1. The first kappa shape index (κ1) is 16.0. The quantitative estimate of drug-likeness (QED) is 0.686. The van der Waals surface area contributed by atoms with Gasteiger partial charge in [-0.3, -0.25) is 4.79 Å². The number of nitrogens with zero attached hydrogens (tertiary/aromatic N) is 2. The van der Waals surface area contributed by atoms with E-state index in [0.717, 1.165) is 20.6 Å². The molecule has 2 aromatic carbocycles. The number of aryl methyl sites for hydroxylation is 3. The maximum absolute atomic E-state index is 12.2. The molecule has 0 aliphatic heterocycles. The number of thiazole rings is 1. The van der Waals surface area contributed by atoms with Gasteiger partial charge >= 0.3 is 0 Å². The Morgan fingerprint density at radius 1 is 1.22 bits per heavy atom. The van der Waals surface area contributed by atoms with E-state index in [1.54, 1.807) is 23.5 Å². The molecule has 0 aliphatic carbocycles. The molecule has 0 radical (unpaired) electrons. The number of fused-ring (bicyclic) bond motifs is 1. The van der Waals surface area contributed by atoms with Crippen LogP contribution in [0.1, 0.15) is 16.7 Å². The van der Waals surface area contributed by atoms with Crippen LogP contribution in [0.3, 0.4) is 0 Å². The predicted octanol–water partition coefficient (Wildman–Crippen LogP) is 4.18. The van der Waals surface area contributed by atoms with E-state index in [-0.39, 0.29) is 12.3 Å². The third-order valence-corrected chi connectivity index (χ3v) is 5.05. The summed E-state index contributed by atoms with van der Waals surface area (Å²) in [5.41, 5.74) is 4.47. The van der Waals surface area contributed by atoms with E-state index in [9.17, 15) is 4.79 Å². The molecular formula is C18H17ClN2OS. The van der Waals surface area contributed by atoms with Crippen molar-refractivity contribution in [1.29, 1.82) is 0 Å². The second kappa shape index (κ2) is 6.30. The highest BCUT2D eigenvalue weighted by molar-refractivity contribution is 7.16. The van der Waals surface area contributed by atoms with Crippen molar-refractivity contribution in [2.45, 2.75) is 20.3 Å². The van der Waals surface area contributed by atoms with Crippen molar-refractivity contribution in [3.05, 3.63) is 62.9 Å². The van der Waals surface area contributed by atoms with Crippen LogP contribution in [0, 0.1) is 13.8 Å². The first-order valence-electron chi connectivity index (χ1n) is 7.33. The lowest BCUT2D eigenvalue weighted by atomic mass is 10.1. The van der Waals surface area contributed by atoms with Gasteiger partial charge in [-0.1, -0.05) is 41.1 Å². The van der Waals surface area contributed by atoms with Gasteiger partial charge < -0.3 is 4.57 Å². The van der Waals surface area contributed by atoms with Crippen LogP contribution in [0.4, 0.5) is 0 Å². The van der Waals surface area contributed by atoms with Crippen molar-refractivity contribution in [3.63, 3.8) is 0 Å². The summed E-state index contributed by atoms with van der Waals surface area (Å²) in [7, 11) is 1.95. The summed E-state index contributed by atoms with van der Waals surface area (Å²) < 4.78 is 3.15. The van der Waals surface area contributed by atoms with E-state index in [4.69, 9.17) is 11.6 Å². The monoisotopic (exact) mass is 344 g/mol. The van der Waals surface area contributed by atoms with Crippen LogP contribution in [-0.2, 0) is 18.3 Å². The molecule has 0 unspecified atom stereocenters. The average molecular weight is 345 g/mol. The van der Waals surface area contributed by atoms with Gasteiger partial charge in [0.2, 0.25) is 0 Å². The molecule has 3 nitrogen and oxygen atoms in total. The van der Waals surface area contributed by atoms with Crippen molar-refractivity contribution in [3.8, 4) is 0 Å². The summed E-state index contributed by atoms with van der Waals surface area (Å²) in [6, 6.07) is 11.6. The molecule has 0 atom stereocenters. The van der Waals surface area contributed by atoms with Crippen molar-refractivity contribution in [1.82, 2.24) is 4.57 Å². The highest BCUT2D eigenvalue weighted by Crippen LogP contribution is 2.22. The molecule has 0 saturated carbocycles. The van der Waals surface area contributed by atoms with Crippen LogP contribution in [0.5, 0.6) is 0 Å². The zero-order valence-electron chi connectivity index (χ0n) is 13.3. The second-order valence-corrected chi connectivity index (χ2v) is 7.13. The molecule has 0 fully saturated rings. The Morgan fingerprint density at radius 2 is 1.91 bits per heavy atom. The van der Waals surface area contributed by atoms with Gasteiger partial charge in [-0.05, 0) is 48.7 Å². The fraction of sp³-hybridized carbons (Fsp3) is 0.222. The zero-order chi connectivity index (χ0) is 16.6. The summed E-state index contributed by atoms with van der Waals surface area (Å²) in [5.74, 6) is -0.149. The van der Waals surface area contributed by atoms with Crippen LogP contribution in [-0.4, -0.2) is 10.5 Å².